The first-order valence-corrected chi connectivity index (χ1v) is 23.1. The lowest BCUT2D eigenvalue weighted by Gasteiger charge is -2.67. The van der Waals surface area contributed by atoms with Gasteiger partial charge in [-0.2, -0.15) is 0 Å². The summed E-state index contributed by atoms with van der Waals surface area (Å²) in [5, 5.41) is 31.2. The van der Waals surface area contributed by atoms with Crippen LogP contribution in [-0.2, 0) is 61.9 Å². The van der Waals surface area contributed by atoms with Gasteiger partial charge < -0.3 is 54.0 Å². The van der Waals surface area contributed by atoms with Crippen LogP contribution in [0.3, 0.4) is 0 Å². The lowest BCUT2D eigenvalue weighted by molar-refractivity contribution is -0.346. The molecule has 3 aliphatic carbocycles. The minimum atomic E-state index is -2.49. The van der Waals surface area contributed by atoms with Crippen molar-refractivity contribution in [1.82, 2.24) is 10.6 Å². The zero-order valence-corrected chi connectivity index (χ0v) is 40.3. The Labute approximate surface area is 409 Å². The number of aliphatic hydroxyl groups excluding tert-OH is 1. The van der Waals surface area contributed by atoms with Crippen LogP contribution in [0.25, 0.3) is 0 Å². The summed E-state index contributed by atoms with van der Waals surface area (Å²) in [5.41, 5.74) is -7.69. The van der Waals surface area contributed by atoms with E-state index in [-0.39, 0.29) is 40.9 Å². The van der Waals surface area contributed by atoms with Gasteiger partial charge in [0.1, 0.15) is 43.2 Å². The molecule has 0 radical (unpaired) electrons. The zero-order valence-electron chi connectivity index (χ0n) is 40.3. The maximum absolute atomic E-state index is 15.7. The number of ketones is 1. The summed E-state index contributed by atoms with van der Waals surface area (Å²) in [7, 11) is 1.36. The van der Waals surface area contributed by atoms with E-state index in [9.17, 15) is 39.0 Å². The number of nitrogens with one attached hydrogen (secondary N) is 2. The Morgan fingerprint density at radius 1 is 0.817 bits per heavy atom. The van der Waals surface area contributed by atoms with Crippen molar-refractivity contribution in [2.24, 2.45) is 16.7 Å². The zero-order chi connectivity index (χ0) is 51.6. The van der Waals surface area contributed by atoms with Gasteiger partial charge in [-0.05, 0) is 54.8 Å². The molecular weight excluding hydrogens is 925 g/mol. The fourth-order valence-electron chi connectivity index (χ4n) is 10.8. The van der Waals surface area contributed by atoms with Gasteiger partial charge in [0.25, 0.3) is 5.91 Å². The van der Waals surface area contributed by atoms with E-state index in [0.717, 1.165) is 13.8 Å². The van der Waals surface area contributed by atoms with E-state index in [2.05, 4.69) is 10.6 Å². The highest BCUT2D eigenvalue weighted by atomic mass is 16.6. The quantitative estimate of drug-likeness (QED) is 0.0969. The van der Waals surface area contributed by atoms with Gasteiger partial charge in [-0.1, -0.05) is 80.6 Å². The van der Waals surface area contributed by atoms with Gasteiger partial charge in [-0.15, -0.1) is 0 Å². The van der Waals surface area contributed by atoms with Crippen LogP contribution in [-0.4, -0.2) is 132 Å². The number of esters is 5. The van der Waals surface area contributed by atoms with Crippen molar-refractivity contribution in [3.8, 4) is 0 Å². The first-order valence-electron chi connectivity index (χ1n) is 23.1. The Morgan fingerprint density at radius 2 is 1.42 bits per heavy atom. The molecule has 3 aromatic rings. The molecule has 4 aliphatic rings. The van der Waals surface area contributed by atoms with Crippen molar-refractivity contribution >= 4 is 47.4 Å². The Morgan fingerprint density at radius 3 is 1.99 bits per heavy atom. The highest BCUT2D eigenvalue weighted by Crippen LogP contribution is 2.64. The van der Waals surface area contributed by atoms with Crippen molar-refractivity contribution in [1.29, 1.82) is 0 Å². The van der Waals surface area contributed by atoms with Crippen molar-refractivity contribution < 1.29 is 81.7 Å². The van der Waals surface area contributed by atoms with Gasteiger partial charge in [0.15, 0.2) is 17.5 Å². The molecule has 378 valence electrons. The van der Waals surface area contributed by atoms with E-state index in [1.165, 1.54) is 59.0 Å². The van der Waals surface area contributed by atoms with Crippen LogP contribution in [0, 0.1) is 16.7 Å². The monoisotopic (exact) mass is 982 g/mol. The molecule has 71 heavy (non-hydrogen) atoms. The molecule has 7 rings (SSSR count). The molecule has 2 amide bonds. The van der Waals surface area contributed by atoms with Crippen molar-refractivity contribution in [3.63, 3.8) is 0 Å². The number of hydrogen-bond acceptors (Lipinski definition) is 17. The van der Waals surface area contributed by atoms with Gasteiger partial charge in [0, 0.05) is 44.7 Å². The average molecular weight is 983 g/mol. The van der Waals surface area contributed by atoms with E-state index < -0.39 is 138 Å². The molecule has 2 bridgehead atoms. The molecule has 1 saturated heterocycles. The molecule has 0 aromatic heterocycles. The topological polar surface area (TPSA) is 266 Å². The molecule has 4 N–H and O–H groups in total. The first-order chi connectivity index (χ1) is 33.6. The second-order valence-electron chi connectivity index (χ2n) is 19.0. The predicted octanol–water partition coefficient (Wildman–Crippen LogP) is 3.05. The number of hydrogen-bond donors (Lipinski definition) is 4. The van der Waals surface area contributed by atoms with Crippen molar-refractivity contribution in [2.75, 3.05) is 26.9 Å². The van der Waals surface area contributed by atoms with Crippen molar-refractivity contribution in [3.05, 3.63) is 119 Å². The predicted molar refractivity (Wildman–Crippen MR) is 246 cm³/mol. The van der Waals surface area contributed by atoms with E-state index in [1.807, 2.05) is 0 Å². The molecule has 0 spiro atoms. The number of fused-ring (bicyclic) bond motifs is 5. The van der Waals surface area contributed by atoms with Gasteiger partial charge in [-0.25, -0.2) is 14.4 Å². The molecule has 3 aromatic carbocycles. The van der Waals surface area contributed by atoms with Gasteiger partial charge in [0.05, 0.1) is 29.6 Å². The average Bonchev–Trinajstić information content (AvgIpc) is 3.33. The van der Waals surface area contributed by atoms with Gasteiger partial charge in [0.2, 0.25) is 12.0 Å². The van der Waals surface area contributed by atoms with E-state index in [1.54, 1.807) is 66.7 Å². The second kappa shape index (κ2) is 20.5. The minimum Gasteiger partial charge on any atom is -0.455 e. The van der Waals surface area contributed by atoms with Crippen LogP contribution < -0.4 is 10.6 Å². The normalized spacial score (nSPS) is 29.1. The number of amides is 2. The summed E-state index contributed by atoms with van der Waals surface area (Å²) in [5.74, 6) is -8.95. The third kappa shape index (κ3) is 9.70. The maximum Gasteiger partial charge on any atom is 0.350 e. The van der Waals surface area contributed by atoms with Crippen LogP contribution in [0.1, 0.15) is 86.7 Å². The van der Waals surface area contributed by atoms with Crippen LogP contribution in [0.15, 0.2) is 102 Å². The Kier molecular flexibility index (Phi) is 15.0. The molecule has 3 fully saturated rings. The molecule has 2 saturated carbocycles. The van der Waals surface area contributed by atoms with Gasteiger partial charge >= 0.3 is 29.8 Å². The van der Waals surface area contributed by atoms with Crippen molar-refractivity contribution in [2.45, 2.75) is 108 Å². The maximum atomic E-state index is 15.7. The second-order valence-corrected chi connectivity index (χ2v) is 19.0. The molecule has 1 aliphatic heterocycles. The van der Waals surface area contributed by atoms with Crippen LogP contribution in [0.2, 0.25) is 0 Å². The molecule has 19 heteroatoms. The van der Waals surface area contributed by atoms with Crippen LogP contribution in [0.4, 0.5) is 0 Å². The fraction of sp³-hybridized carbons (Fsp3) is 0.462. The number of ether oxygens (including phenoxy) is 7. The SMILES string of the molecule is CNC(=O)COCC(=O)O[C@@H](C(=O)O[C@H]1C[C@@]2(O)[C@@H](OC(=O)c3ccccc3)C3[C@](C)(C(=O)[C@H](OC(C)=O)C(=C1C)C2(C)C)[C@@H](O)C[C@H]1OC[C@@]31OC(C)=O)[C@@H](NC(=O)c1ccccc1)c1ccccc1. The lowest BCUT2D eigenvalue weighted by Crippen LogP contribution is -2.82. The summed E-state index contributed by atoms with van der Waals surface area (Å²) in [6, 6.07) is 22.3. The molecule has 1 heterocycles. The minimum absolute atomic E-state index is 0.0280. The highest BCUT2D eigenvalue weighted by molar-refractivity contribution is 5.96. The standard InChI is InChI=1S/C52H58N2O17/c1-28-34(68-48(63)42(69-38(59)26-65-25-37(58)53-7)40(31-17-11-8-12-18-31)54-46(61)32-19-13-9-14-20-32)24-52(64)45(70-47(62)33-21-15-10-16-22-33)43-50(6,35(57)23-36-51(43,27-66-36)71-30(3)56)44(60)41(67-29(2)55)39(28)49(52,4)5/h8-22,34-36,40-43,45,57,64H,23-27H2,1-7H3,(H,53,58)(H,54,61)/t34-,35-,36+,40-,41+,42+,43?,45-,50+,51-,52+/m0/s1. The first kappa shape index (κ1) is 52.0. The fourth-order valence-corrected chi connectivity index (χ4v) is 10.8. The molecule has 19 nitrogen and oxygen atoms in total. The third-order valence-electron chi connectivity index (χ3n) is 14.4. The van der Waals surface area contributed by atoms with Crippen LogP contribution in [0.5, 0.6) is 0 Å². The largest absolute Gasteiger partial charge is 0.455 e. The summed E-state index contributed by atoms with van der Waals surface area (Å²) in [4.78, 5) is 111. The van der Waals surface area contributed by atoms with E-state index in [0.29, 0.717) is 0 Å². The summed E-state index contributed by atoms with van der Waals surface area (Å²) >= 11 is 0. The number of benzene rings is 3. The molecule has 11 atom stereocenters. The summed E-state index contributed by atoms with van der Waals surface area (Å²) in [6.07, 6.45) is -11.0. The Hall–Kier alpha value is -6.80. The molecule has 1 unspecified atom stereocenters. The number of aliphatic hydroxyl groups is 2. The highest BCUT2D eigenvalue weighted by Gasteiger charge is 2.78. The number of carbonyl (C=O) groups excluding carboxylic acids is 8. The number of Topliss-reactive ketones (excluding diaryl/α,β-unsaturated/α-hetero) is 1. The van der Waals surface area contributed by atoms with Gasteiger partial charge in [-0.3, -0.25) is 24.0 Å². The van der Waals surface area contributed by atoms with Crippen LogP contribution >= 0.6 is 0 Å². The number of rotatable bonds is 15. The Bertz CT molecular complexity index is 2590. The van der Waals surface area contributed by atoms with E-state index in [4.69, 9.17) is 33.2 Å². The molecular formula is C52H58N2O17. The third-order valence-corrected chi connectivity index (χ3v) is 14.4. The lowest BCUT2D eigenvalue weighted by atomic mass is 9.44. The van der Waals surface area contributed by atoms with E-state index >= 15 is 9.59 Å². The summed E-state index contributed by atoms with van der Waals surface area (Å²) < 4.78 is 41.7. The number of likely N-dealkylation sites (N-methyl/N-ethyl adjacent to an activating group) is 1. The summed E-state index contributed by atoms with van der Waals surface area (Å²) in [6.45, 7) is 6.37. The smallest absolute Gasteiger partial charge is 0.350 e. The Balaban J connectivity index is 1.41. The number of carbonyl (C=O) groups is 8.